The quantitative estimate of drug-likeness (QED) is 0.655. The van der Waals surface area contributed by atoms with Gasteiger partial charge in [-0.3, -0.25) is 14.2 Å². The number of carbonyl (C=O) groups is 1. The monoisotopic (exact) mass is 250 g/mol. The van der Waals surface area contributed by atoms with Crippen molar-refractivity contribution in [1.82, 2.24) is 5.06 Å². The molecule has 1 amide bonds. The molecule has 0 bridgehead atoms. The van der Waals surface area contributed by atoms with Crippen molar-refractivity contribution < 1.29 is 19.1 Å². The first-order chi connectivity index (χ1) is 7.44. The van der Waals surface area contributed by atoms with E-state index in [1.807, 2.05) is 0 Å². The molecule has 2 atom stereocenters. The van der Waals surface area contributed by atoms with Gasteiger partial charge in [0.2, 0.25) is 5.91 Å². The van der Waals surface area contributed by atoms with Crippen LogP contribution in [0.25, 0.3) is 0 Å². The van der Waals surface area contributed by atoms with Crippen LogP contribution in [0.1, 0.15) is 19.3 Å². The van der Waals surface area contributed by atoms with E-state index in [0.717, 1.165) is 0 Å². The summed E-state index contributed by atoms with van der Waals surface area (Å²) in [4.78, 5) is 25.9. The van der Waals surface area contributed by atoms with Crippen molar-refractivity contribution >= 4 is 13.3 Å². The fraction of sp³-hybridized carbons (Fsp3) is 0.889. The Balaban J connectivity index is 2.53. The van der Waals surface area contributed by atoms with Gasteiger partial charge >= 0.3 is 0 Å². The summed E-state index contributed by atoms with van der Waals surface area (Å²) >= 11 is 0. The lowest BCUT2D eigenvalue weighted by atomic mass is 10.1. The molecule has 1 aliphatic rings. The van der Waals surface area contributed by atoms with E-state index in [-0.39, 0.29) is 18.1 Å². The minimum atomic E-state index is -3.04. The number of carbonyl (C=O) groups excluding carboxylic acids is 1. The number of hydrogen-bond acceptors (Lipinski definition) is 4. The maximum absolute atomic E-state index is 11.4. The lowest BCUT2D eigenvalue weighted by Crippen LogP contribution is -2.37. The topological polar surface area (TPSA) is 92.9 Å². The molecule has 0 aromatic rings. The van der Waals surface area contributed by atoms with Crippen LogP contribution in [-0.2, 0) is 14.2 Å². The standard InChI is InChI=1S/C9H19N2O4P/c1-16(13,14)7-4-8(2-5-10)11-9(12)3-6-15-11/h8H,2-7,10H2,1H3,(H,13,14). The van der Waals surface area contributed by atoms with Gasteiger partial charge in [-0.2, -0.15) is 0 Å². The molecule has 3 N–H and O–H groups in total. The zero-order valence-corrected chi connectivity index (χ0v) is 10.4. The van der Waals surface area contributed by atoms with Gasteiger partial charge in [-0.25, -0.2) is 5.06 Å². The lowest BCUT2D eigenvalue weighted by molar-refractivity contribution is -0.174. The molecule has 1 heterocycles. The molecule has 1 rings (SSSR count). The predicted octanol–water partition coefficient (Wildman–Crippen LogP) is 0.158. The van der Waals surface area contributed by atoms with Crippen LogP contribution in [0.5, 0.6) is 0 Å². The molecule has 94 valence electrons. The van der Waals surface area contributed by atoms with Gasteiger partial charge in [0.25, 0.3) is 0 Å². The third kappa shape index (κ3) is 4.22. The third-order valence-corrected chi connectivity index (χ3v) is 3.59. The zero-order valence-electron chi connectivity index (χ0n) is 9.46. The van der Waals surface area contributed by atoms with Gasteiger partial charge in [0.15, 0.2) is 7.37 Å². The molecule has 7 heteroatoms. The van der Waals surface area contributed by atoms with Crippen LogP contribution in [-0.4, -0.2) is 47.9 Å². The Labute approximate surface area is 95.2 Å². The highest BCUT2D eigenvalue weighted by Crippen LogP contribution is 2.37. The van der Waals surface area contributed by atoms with Crippen LogP contribution in [0, 0.1) is 0 Å². The Morgan fingerprint density at radius 1 is 1.62 bits per heavy atom. The van der Waals surface area contributed by atoms with Crippen molar-refractivity contribution in [2.45, 2.75) is 25.3 Å². The second kappa shape index (κ2) is 5.77. The average Bonchev–Trinajstić information content (AvgIpc) is 2.57. The fourth-order valence-corrected chi connectivity index (χ4v) is 2.46. The van der Waals surface area contributed by atoms with E-state index < -0.39 is 7.37 Å². The maximum Gasteiger partial charge on any atom is 0.248 e. The highest BCUT2D eigenvalue weighted by atomic mass is 31.2. The highest BCUT2D eigenvalue weighted by molar-refractivity contribution is 7.57. The van der Waals surface area contributed by atoms with E-state index in [2.05, 4.69) is 0 Å². The molecular weight excluding hydrogens is 231 g/mol. The second-order valence-electron chi connectivity index (χ2n) is 4.10. The van der Waals surface area contributed by atoms with Crippen molar-refractivity contribution in [1.29, 1.82) is 0 Å². The predicted molar refractivity (Wildman–Crippen MR) is 60.1 cm³/mol. The molecule has 0 saturated carbocycles. The molecular formula is C9H19N2O4P. The molecule has 1 aliphatic heterocycles. The van der Waals surface area contributed by atoms with E-state index in [4.69, 9.17) is 10.6 Å². The summed E-state index contributed by atoms with van der Waals surface area (Å²) in [5.74, 6) is -0.0673. The van der Waals surface area contributed by atoms with Crippen molar-refractivity contribution in [3.63, 3.8) is 0 Å². The third-order valence-electron chi connectivity index (χ3n) is 2.50. The molecule has 16 heavy (non-hydrogen) atoms. The lowest BCUT2D eigenvalue weighted by Gasteiger charge is -2.26. The smallest absolute Gasteiger partial charge is 0.248 e. The Morgan fingerprint density at radius 2 is 2.31 bits per heavy atom. The zero-order chi connectivity index (χ0) is 12.2. The largest absolute Gasteiger partial charge is 0.344 e. The van der Waals surface area contributed by atoms with Gasteiger partial charge < -0.3 is 10.6 Å². The molecule has 2 unspecified atom stereocenters. The number of nitrogens with zero attached hydrogens (tertiary/aromatic N) is 1. The Hall–Kier alpha value is -0.420. The van der Waals surface area contributed by atoms with Crippen LogP contribution in [0.4, 0.5) is 0 Å². The molecule has 0 aromatic heterocycles. The molecule has 1 fully saturated rings. The maximum atomic E-state index is 11.4. The number of rotatable bonds is 6. The first kappa shape index (κ1) is 13.6. The summed E-state index contributed by atoms with van der Waals surface area (Å²) in [5, 5.41) is 1.32. The first-order valence-corrected chi connectivity index (χ1v) is 7.67. The molecule has 0 aliphatic carbocycles. The number of nitrogens with two attached hydrogens (primary N) is 1. The molecule has 0 spiro atoms. The number of hydrogen-bond donors (Lipinski definition) is 2. The normalized spacial score (nSPS) is 22.2. The summed E-state index contributed by atoms with van der Waals surface area (Å²) in [6.07, 6.45) is 1.60. The minimum absolute atomic E-state index is 0.0673. The van der Waals surface area contributed by atoms with Gasteiger partial charge in [0.1, 0.15) is 0 Å². The summed E-state index contributed by atoms with van der Waals surface area (Å²) in [6, 6.07) is -0.180. The van der Waals surface area contributed by atoms with Crippen LogP contribution in [0.3, 0.4) is 0 Å². The van der Waals surface area contributed by atoms with Crippen molar-refractivity contribution in [3.8, 4) is 0 Å². The van der Waals surface area contributed by atoms with E-state index in [9.17, 15) is 14.3 Å². The van der Waals surface area contributed by atoms with Crippen LogP contribution < -0.4 is 5.73 Å². The number of amides is 1. The van der Waals surface area contributed by atoms with Gasteiger partial charge in [-0.05, 0) is 19.4 Å². The summed E-state index contributed by atoms with van der Waals surface area (Å²) in [7, 11) is -3.04. The number of hydroxylamine groups is 2. The van der Waals surface area contributed by atoms with E-state index in [0.29, 0.717) is 32.4 Å². The fourth-order valence-electron chi connectivity index (χ4n) is 1.68. The van der Waals surface area contributed by atoms with Crippen LogP contribution in [0.2, 0.25) is 0 Å². The summed E-state index contributed by atoms with van der Waals surface area (Å²) < 4.78 is 11.2. The first-order valence-electron chi connectivity index (χ1n) is 5.38. The SMILES string of the molecule is CP(=O)(O)CCC(CCN)N1OCCC1=O. The van der Waals surface area contributed by atoms with Gasteiger partial charge in [0, 0.05) is 12.8 Å². The van der Waals surface area contributed by atoms with Gasteiger partial charge in [-0.1, -0.05) is 0 Å². The van der Waals surface area contributed by atoms with Crippen molar-refractivity contribution in [2.24, 2.45) is 5.73 Å². The van der Waals surface area contributed by atoms with E-state index in [1.54, 1.807) is 0 Å². The Kier molecular flexibility index (Phi) is 4.92. The molecule has 0 radical (unpaired) electrons. The van der Waals surface area contributed by atoms with E-state index >= 15 is 0 Å². The Morgan fingerprint density at radius 3 is 2.75 bits per heavy atom. The summed E-state index contributed by atoms with van der Waals surface area (Å²) in [6.45, 7) is 2.14. The van der Waals surface area contributed by atoms with Crippen molar-refractivity contribution in [3.05, 3.63) is 0 Å². The summed E-state index contributed by atoms with van der Waals surface area (Å²) in [5.41, 5.74) is 5.46. The van der Waals surface area contributed by atoms with Gasteiger partial charge in [0.05, 0.1) is 19.1 Å². The van der Waals surface area contributed by atoms with Crippen LogP contribution in [0.15, 0.2) is 0 Å². The van der Waals surface area contributed by atoms with Crippen molar-refractivity contribution in [2.75, 3.05) is 26.0 Å². The molecule has 0 aromatic carbocycles. The van der Waals surface area contributed by atoms with E-state index in [1.165, 1.54) is 11.7 Å². The highest BCUT2D eigenvalue weighted by Gasteiger charge is 2.30. The van der Waals surface area contributed by atoms with Crippen LogP contribution >= 0.6 is 7.37 Å². The second-order valence-corrected chi connectivity index (χ2v) is 6.65. The van der Waals surface area contributed by atoms with Gasteiger partial charge in [-0.15, -0.1) is 0 Å². The Bertz CT molecular complexity index is 291. The molecule has 1 saturated heterocycles. The molecule has 6 nitrogen and oxygen atoms in total. The average molecular weight is 250 g/mol. The minimum Gasteiger partial charge on any atom is -0.344 e.